The Morgan fingerprint density at radius 3 is 2.32 bits per heavy atom. The van der Waals surface area contributed by atoms with Gasteiger partial charge in [0.15, 0.2) is 5.78 Å². The number of Topliss-reactive ketones (excluding diaryl/α,β-unsaturated/α-hetero) is 1. The number of nitrogens with zero attached hydrogens (tertiary/aromatic N) is 2. The van der Waals surface area contributed by atoms with Crippen molar-refractivity contribution in [2.24, 2.45) is 11.3 Å². The van der Waals surface area contributed by atoms with Crippen LogP contribution < -0.4 is 0 Å². The summed E-state index contributed by atoms with van der Waals surface area (Å²) in [4.78, 5) is 52.5. The number of barbiturate groups is 1. The van der Waals surface area contributed by atoms with Crippen molar-refractivity contribution < 1.29 is 19.2 Å². The lowest BCUT2D eigenvalue weighted by atomic mass is 9.72. The van der Waals surface area contributed by atoms with Crippen molar-refractivity contribution in [3.05, 3.63) is 37.0 Å². The Morgan fingerprint density at radius 2 is 1.80 bits per heavy atom. The molecule has 25 heavy (non-hydrogen) atoms. The first-order valence-electron chi connectivity index (χ1n) is 8.41. The van der Waals surface area contributed by atoms with E-state index >= 15 is 0 Å². The smallest absolute Gasteiger partial charge is 0.292 e. The van der Waals surface area contributed by atoms with Gasteiger partial charge < -0.3 is 0 Å². The second kappa shape index (κ2) is 7.17. The normalized spacial score (nSPS) is 25.5. The molecule has 0 bridgehead atoms. The minimum atomic E-state index is -1.30. The van der Waals surface area contributed by atoms with E-state index in [1.807, 2.05) is 0 Å². The van der Waals surface area contributed by atoms with Crippen molar-refractivity contribution in [3.63, 3.8) is 0 Å². The molecule has 0 aromatic carbocycles. The molecule has 2 aliphatic rings. The van der Waals surface area contributed by atoms with Gasteiger partial charge in [-0.1, -0.05) is 44.2 Å². The minimum Gasteiger partial charge on any atom is -0.292 e. The van der Waals surface area contributed by atoms with E-state index in [2.05, 4.69) is 13.2 Å². The summed E-state index contributed by atoms with van der Waals surface area (Å²) >= 11 is 0. The highest BCUT2D eigenvalue weighted by Gasteiger charge is 2.57. The van der Waals surface area contributed by atoms with Crippen molar-refractivity contribution in [3.8, 4) is 0 Å². The Hall–Kier alpha value is -2.50. The van der Waals surface area contributed by atoms with Crippen molar-refractivity contribution >= 4 is 23.6 Å². The molecule has 2 fully saturated rings. The van der Waals surface area contributed by atoms with Crippen LogP contribution in [0.2, 0.25) is 0 Å². The summed E-state index contributed by atoms with van der Waals surface area (Å²) in [5.41, 5.74) is -1.03. The highest BCUT2D eigenvalue weighted by Crippen LogP contribution is 2.44. The van der Waals surface area contributed by atoms with Crippen LogP contribution in [-0.4, -0.2) is 47.0 Å². The lowest BCUT2D eigenvalue weighted by Gasteiger charge is -2.43. The van der Waals surface area contributed by atoms with Crippen LogP contribution in [0.25, 0.3) is 0 Å². The van der Waals surface area contributed by atoms with Gasteiger partial charge in [-0.15, -0.1) is 0 Å². The van der Waals surface area contributed by atoms with Gasteiger partial charge in [-0.05, 0) is 25.7 Å². The molecule has 0 N–H and O–H groups in total. The lowest BCUT2D eigenvalue weighted by Crippen LogP contribution is -2.65. The van der Waals surface area contributed by atoms with E-state index in [1.165, 1.54) is 25.3 Å². The molecule has 6 heteroatoms. The molecule has 134 valence electrons. The zero-order chi connectivity index (χ0) is 18.8. The van der Waals surface area contributed by atoms with Crippen LogP contribution in [0.5, 0.6) is 0 Å². The summed E-state index contributed by atoms with van der Waals surface area (Å²) in [7, 11) is 1.36. The van der Waals surface area contributed by atoms with Gasteiger partial charge >= 0.3 is 6.03 Å². The molecule has 1 saturated carbocycles. The van der Waals surface area contributed by atoms with E-state index in [4.69, 9.17) is 0 Å². The fraction of sp³-hybridized carbons (Fsp3) is 0.474. The molecule has 1 aliphatic heterocycles. The molecule has 0 aromatic heterocycles. The summed E-state index contributed by atoms with van der Waals surface area (Å²) < 4.78 is 0. The van der Waals surface area contributed by atoms with Crippen LogP contribution in [0.4, 0.5) is 4.79 Å². The summed E-state index contributed by atoms with van der Waals surface area (Å²) in [5, 5.41) is 0. The van der Waals surface area contributed by atoms with E-state index < -0.39 is 35.6 Å². The number of allylic oxidation sites excluding steroid dienone is 3. The second-order valence-electron chi connectivity index (χ2n) is 6.71. The number of urea groups is 1. The second-order valence-corrected chi connectivity index (χ2v) is 6.71. The zero-order valence-corrected chi connectivity index (χ0v) is 14.8. The lowest BCUT2D eigenvalue weighted by molar-refractivity contribution is -0.161. The average molecular weight is 344 g/mol. The van der Waals surface area contributed by atoms with Gasteiger partial charge in [0.2, 0.25) is 11.8 Å². The number of carbonyl (C=O) groups excluding carboxylic acids is 4. The average Bonchev–Trinajstić information content (AvgIpc) is 3.14. The fourth-order valence-corrected chi connectivity index (χ4v) is 3.70. The van der Waals surface area contributed by atoms with E-state index in [0.29, 0.717) is 0 Å². The summed E-state index contributed by atoms with van der Waals surface area (Å²) in [6.45, 7) is 8.27. The maximum absolute atomic E-state index is 13.0. The molecule has 1 heterocycles. The quantitative estimate of drug-likeness (QED) is 0.421. The number of imide groups is 2. The van der Waals surface area contributed by atoms with Gasteiger partial charge in [-0.2, -0.15) is 0 Å². The predicted molar refractivity (Wildman–Crippen MR) is 93.4 cm³/mol. The highest BCUT2D eigenvalue weighted by molar-refractivity contribution is 6.20. The van der Waals surface area contributed by atoms with Crippen molar-refractivity contribution in [2.45, 2.75) is 32.6 Å². The molecule has 0 aromatic rings. The Labute approximate surface area is 147 Å². The first-order chi connectivity index (χ1) is 11.8. The minimum absolute atomic E-state index is 0.108. The number of amides is 4. The van der Waals surface area contributed by atoms with Crippen molar-refractivity contribution in [1.82, 2.24) is 9.80 Å². The van der Waals surface area contributed by atoms with Gasteiger partial charge in [0.05, 0.1) is 6.54 Å². The van der Waals surface area contributed by atoms with E-state index in [9.17, 15) is 19.2 Å². The first kappa shape index (κ1) is 18.8. The molecule has 6 nitrogen and oxygen atoms in total. The molecule has 2 rings (SSSR count). The predicted octanol–water partition coefficient (Wildman–Crippen LogP) is 2.47. The number of hydrogen-bond acceptors (Lipinski definition) is 4. The van der Waals surface area contributed by atoms with Crippen molar-refractivity contribution in [2.75, 3.05) is 13.6 Å². The van der Waals surface area contributed by atoms with Gasteiger partial charge in [-0.3, -0.25) is 24.2 Å². The largest absolute Gasteiger partial charge is 0.333 e. The Balaban J connectivity index is 2.35. The van der Waals surface area contributed by atoms with E-state index in [-0.39, 0.29) is 11.5 Å². The van der Waals surface area contributed by atoms with Gasteiger partial charge in [-0.25, -0.2) is 4.79 Å². The third-order valence-corrected chi connectivity index (χ3v) is 5.27. The maximum Gasteiger partial charge on any atom is 0.333 e. The van der Waals surface area contributed by atoms with Crippen LogP contribution in [0, 0.1) is 11.3 Å². The van der Waals surface area contributed by atoms with Gasteiger partial charge in [0, 0.05) is 12.6 Å². The molecule has 1 atom stereocenters. The molecule has 4 amide bonds. The molecule has 1 unspecified atom stereocenters. The highest BCUT2D eigenvalue weighted by atomic mass is 16.2. The molecular formula is C19H24N2O4. The Morgan fingerprint density at radius 1 is 1.20 bits per heavy atom. The molecule has 0 spiro atoms. The Kier molecular flexibility index (Phi) is 5.40. The third-order valence-electron chi connectivity index (χ3n) is 5.27. The fourth-order valence-electron chi connectivity index (χ4n) is 3.70. The van der Waals surface area contributed by atoms with E-state index in [1.54, 1.807) is 6.92 Å². The van der Waals surface area contributed by atoms with Crippen LogP contribution >= 0.6 is 0 Å². The number of carbonyl (C=O) groups is 4. The monoisotopic (exact) mass is 344 g/mol. The van der Waals surface area contributed by atoms with Crippen LogP contribution in [0.15, 0.2) is 37.0 Å². The van der Waals surface area contributed by atoms with E-state index in [0.717, 1.165) is 35.5 Å². The topological polar surface area (TPSA) is 74.8 Å². The summed E-state index contributed by atoms with van der Waals surface area (Å²) in [6, 6.07) is -0.763. The summed E-state index contributed by atoms with van der Waals surface area (Å²) in [5.74, 6) is -1.59. The molecule has 0 radical (unpaired) electrons. The molecule has 1 aliphatic carbocycles. The summed E-state index contributed by atoms with van der Waals surface area (Å²) in [6.07, 6.45) is 7.72. The molecule has 1 saturated heterocycles. The number of hydrogen-bond donors (Lipinski definition) is 0. The first-order valence-corrected chi connectivity index (χ1v) is 8.41. The van der Waals surface area contributed by atoms with Crippen LogP contribution in [0.1, 0.15) is 32.6 Å². The third kappa shape index (κ3) is 3.08. The van der Waals surface area contributed by atoms with Gasteiger partial charge in [0.1, 0.15) is 5.41 Å². The SMILES string of the molecule is C=C/C=C(\C=C)C(=O)CN1C(=O)N(C)C(=O)C(C)(C2CCCC2)C1=O. The zero-order valence-electron chi connectivity index (χ0n) is 14.8. The maximum atomic E-state index is 13.0. The molecular weight excluding hydrogens is 320 g/mol. The van der Waals surface area contributed by atoms with Crippen LogP contribution in [-0.2, 0) is 14.4 Å². The standard InChI is InChI=1S/C19H24N2O4/c1-5-9-13(6-2)15(22)12-21-17(24)19(3,14-10-7-8-11-14)16(23)20(4)18(21)25/h5-6,9,14H,1-2,7-8,10-12H2,3-4H3/b13-9+. The van der Waals surface area contributed by atoms with Crippen LogP contribution in [0.3, 0.4) is 0 Å². The number of rotatable bonds is 6. The Bertz CT molecular complexity index is 673. The van der Waals surface area contributed by atoms with Crippen molar-refractivity contribution in [1.29, 1.82) is 0 Å². The van der Waals surface area contributed by atoms with Gasteiger partial charge in [0.25, 0.3) is 0 Å². The number of ketones is 1.